The summed E-state index contributed by atoms with van der Waals surface area (Å²) in [4.78, 5) is 27.4. The lowest BCUT2D eigenvalue weighted by Gasteiger charge is -2.25. The number of aliphatic imine (C=N–C) groups is 1. The molecule has 8 nitrogen and oxygen atoms in total. The Balaban J connectivity index is 2.40. The molecule has 1 unspecified atom stereocenters. The predicted octanol–water partition coefficient (Wildman–Crippen LogP) is 3.24. The Morgan fingerprint density at radius 1 is 1.15 bits per heavy atom. The number of carboxylic acid groups (broad SMARTS) is 1. The van der Waals surface area contributed by atoms with E-state index in [9.17, 15) is 20.0 Å². The average molecular weight is 456 g/mol. The van der Waals surface area contributed by atoms with Crippen molar-refractivity contribution >= 4 is 23.9 Å². The van der Waals surface area contributed by atoms with E-state index >= 15 is 0 Å². The van der Waals surface area contributed by atoms with Gasteiger partial charge >= 0.3 is 5.97 Å². The van der Waals surface area contributed by atoms with Crippen LogP contribution in [0.3, 0.4) is 0 Å². The van der Waals surface area contributed by atoms with E-state index in [1.807, 2.05) is 60.8 Å². The molecule has 0 saturated carbocycles. The topological polar surface area (TPSA) is 141 Å². The predicted molar refractivity (Wildman–Crippen MR) is 131 cm³/mol. The monoisotopic (exact) mass is 455 g/mol. The van der Waals surface area contributed by atoms with Crippen LogP contribution < -0.4 is 16.4 Å². The third-order valence-corrected chi connectivity index (χ3v) is 5.55. The number of nitrogens with zero attached hydrogens (tertiary/aromatic N) is 2. The maximum Gasteiger partial charge on any atom is 0.304 e. The van der Waals surface area contributed by atoms with Gasteiger partial charge in [0.25, 0.3) is 0 Å². The lowest BCUT2D eigenvalue weighted by molar-refractivity contribution is -0.137. The highest BCUT2D eigenvalue weighted by atomic mass is 16.4. The molecule has 0 aliphatic heterocycles. The number of para-hydroxylation sites is 1. The van der Waals surface area contributed by atoms with Crippen LogP contribution >= 0.6 is 0 Å². The molecule has 172 valence electrons. The number of nitriles is 1. The number of benzene rings is 3. The second-order valence-corrected chi connectivity index (χ2v) is 7.51. The Hall–Kier alpha value is -4.64. The van der Waals surface area contributed by atoms with Crippen molar-refractivity contribution in [1.82, 2.24) is 10.6 Å². The molecule has 0 bridgehead atoms. The smallest absolute Gasteiger partial charge is 0.304 e. The molecule has 5 N–H and O–H groups in total. The highest BCUT2D eigenvalue weighted by molar-refractivity contribution is 6.07. The van der Waals surface area contributed by atoms with Gasteiger partial charge in [0, 0.05) is 36.3 Å². The van der Waals surface area contributed by atoms with Crippen LogP contribution in [0, 0.1) is 11.5 Å². The maximum absolute atomic E-state index is 11.8. The first-order valence-corrected chi connectivity index (χ1v) is 10.6. The van der Waals surface area contributed by atoms with Crippen molar-refractivity contribution in [2.75, 3.05) is 12.8 Å². The Labute approximate surface area is 197 Å². The van der Waals surface area contributed by atoms with Gasteiger partial charge in [0.2, 0.25) is 6.41 Å². The van der Waals surface area contributed by atoms with Crippen molar-refractivity contribution in [2.24, 2.45) is 4.99 Å². The van der Waals surface area contributed by atoms with E-state index in [1.165, 1.54) is 0 Å². The van der Waals surface area contributed by atoms with Gasteiger partial charge in [-0.2, -0.15) is 5.26 Å². The van der Waals surface area contributed by atoms with Crippen LogP contribution in [0.5, 0.6) is 0 Å². The Bertz CT molecular complexity index is 1250. The Kier molecular flexibility index (Phi) is 7.97. The molecule has 0 spiro atoms. The summed E-state index contributed by atoms with van der Waals surface area (Å²) < 4.78 is 0. The summed E-state index contributed by atoms with van der Waals surface area (Å²) in [6.45, 7) is 0.128. The third kappa shape index (κ3) is 5.22. The van der Waals surface area contributed by atoms with Crippen LogP contribution in [0.15, 0.2) is 71.7 Å². The number of nitrogen functional groups attached to an aromatic ring is 1. The summed E-state index contributed by atoms with van der Waals surface area (Å²) in [7, 11) is 1.56. The first-order chi connectivity index (χ1) is 16.5. The average Bonchev–Trinajstić information content (AvgIpc) is 2.85. The number of carboxylic acids is 1. The molecule has 0 radical (unpaired) electrons. The minimum atomic E-state index is -0.949. The fraction of sp³-hybridized carbons (Fsp3) is 0.154. The van der Waals surface area contributed by atoms with E-state index in [0.29, 0.717) is 40.2 Å². The second-order valence-electron chi connectivity index (χ2n) is 7.51. The molecule has 0 heterocycles. The fourth-order valence-corrected chi connectivity index (χ4v) is 4.12. The number of aliphatic carboxylic acids is 1. The molecule has 0 aliphatic rings. The van der Waals surface area contributed by atoms with E-state index in [4.69, 9.17) is 5.73 Å². The van der Waals surface area contributed by atoms with E-state index in [2.05, 4.69) is 15.6 Å². The zero-order valence-electron chi connectivity index (χ0n) is 18.7. The van der Waals surface area contributed by atoms with E-state index in [0.717, 1.165) is 11.1 Å². The van der Waals surface area contributed by atoms with Crippen LogP contribution in [0.25, 0.3) is 11.1 Å². The molecular weight excluding hydrogens is 430 g/mol. The first-order valence-electron chi connectivity index (χ1n) is 10.6. The number of amidine groups is 1. The van der Waals surface area contributed by atoms with Crippen LogP contribution in [-0.2, 0) is 16.1 Å². The molecule has 0 aliphatic carbocycles. The third-order valence-electron chi connectivity index (χ3n) is 5.55. The van der Waals surface area contributed by atoms with Crippen LogP contribution in [0.2, 0.25) is 0 Å². The zero-order chi connectivity index (χ0) is 24.5. The van der Waals surface area contributed by atoms with E-state index in [1.54, 1.807) is 19.2 Å². The van der Waals surface area contributed by atoms with Crippen LogP contribution in [0.1, 0.15) is 34.6 Å². The zero-order valence-corrected chi connectivity index (χ0v) is 18.7. The van der Waals surface area contributed by atoms with Crippen molar-refractivity contribution in [3.8, 4) is 17.3 Å². The molecule has 1 amide bonds. The number of amides is 1. The number of nitrogens with one attached hydrogen (secondary N) is 2. The van der Waals surface area contributed by atoms with Crippen molar-refractivity contribution < 1.29 is 14.7 Å². The number of carbonyl (C=O) groups is 2. The number of nitrogens with two attached hydrogens (primary N) is 1. The molecule has 1 atom stereocenters. The summed E-state index contributed by atoms with van der Waals surface area (Å²) in [6.07, 6.45) is 2.34. The number of hydrogen-bond donors (Lipinski definition) is 4. The summed E-state index contributed by atoms with van der Waals surface area (Å²) >= 11 is 0. The fourth-order valence-electron chi connectivity index (χ4n) is 4.12. The van der Waals surface area contributed by atoms with Crippen molar-refractivity contribution in [3.05, 3.63) is 89.0 Å². The number of rotatable bonds is 9. The Morgan fingerprint density at radius 3 is 2.47 bits per heavy atom. The molecular formula is C26H25N5O3. The summed E-state index contributed by atoms with van der Waals surface area (Å²) in [5, 5.41) is 24.3. The second kappa shape index (κ2) is 11.3. The van der Waals surface area contributed by atoms with Gasteiger partial charge in [-0.3, -0.25) is 19.9 Å². The summed E-state index contributed by atoms with van der Waals surface area (Å²) in [5.41, 5.74) is 11.1. The lowest BCUT2D eigenvalue weighted by Crippen LogP contribution is -2.23. The number of hydrogen-bond acceptors (Lipinski definition) is 5. The summed E-state index contributed by atoms with van der Waals surface area (Å²) in [5.74, 6) is -1.10. The molecule has 0 saturated heterocycles. The van der Waals surface area contributed by atoms with Gasteiger partial charge in [0.15, 0.2) is 6.19 Å². The quantitative estimate of drug-likeness (QED) is 0.0975. The molecule has 0 fully saturated rings. The van der Waals surface area contributed by atoms with Gasteiger partial charge in [-0.15, -0.1) is 0 Å². The SMILES string of the molecule is CN=C(NC#N)c1ccc(C(CC(=O)O)c2ccccc2)c(CNC=O)c1-c1ccccc1N. The number of anilines is 1. The van der Waals surface area contributed by atoms with Gasteiger partial charge in [0.1, 0.15) is 5.84 Å². The molecule has 8 heteroatoms. The van der Waals surface area contributed by atoms with Crippen molar-refractivity contribution in [2.45, 2.75) is 18.9 Å². The van der Waals surface area contributed by atoms with Gasteiger partial charge in [0.05, 0.1) is 6.42 Å². The van der Waals surface area contributed by atoms with Gasteiger partial charge < -0.3 is 16.2 Å². The van der Waals surface area contributed by atoms with E-state index < -0.39 is 11.9 Å². The van der Waals surface area contributed by atoms with E-state index in [-0.39, 0.29) is 13.0 Å². The minimum Gasteiger partial charge on any atom is -0.481 e. The van der Waals surface area contributed by atoms with Crippen molar-refractivity contribution in [3.63, 3.8) is 0 Å². The molecule has 0 aromatic heterocycles. The summed E-state index contributed by atoms with van der Waals surface area (Å²) in [6, 6.07) is 20.2. The Morgan fingerprint density at radius 2 is 1.85 bits per heavy atom. The van der Waals surface area contributed by atoms with Crippen molar-refractivity contribution in [1.29, 1.82) is 5.26 Å². The molecule has 3 aromatic carbocycles. The highest BCUT2D eigenvalue weighted by Crippen LogP contribution is 2.39. The minimum absolute atomic E-state index is 0.128. The van der Waals surface area contributed by atoms with Crippen LogP contribution in [0.4, 0.5) is 5.69 Å². The first kappa shape index (κ1) is 24.0. The molecule has 34 heavy (non-hydrogen) atoms. The van der Waals surface area contributed by atoms with Gasteiger partial charge in [-0.25, -0.2) is 0 Å². The maximum atomic E-state index is 11.8. The highest BCUT2D eigenvalue weighted by Gasteiger charge is 2.26. The lowest BCUT2D eigenvalue weighted by atomic mass is 9.80. The standard InChI is InChI=1S/C26H25N5O3/c1-29-26(31-15-27)20-12-11-18(21(13-24(33)34)17-7-3-2-4-8-17)22(14-30-16-32)25(20)19-9-5-6-10-23(19)28/h2-12,16,21H,13-14,28H2,1H3,(H,29,31)(H,30,32)(H,33,34). The van der Waals surface area contributed by atoms with Gasteiger partial charge in [-0.1, -0.05) is 60.7 Å². The largest absolute Gasteiger partial charge is 0.481 e. The normalized spacial score (nSPS) is 11.8. The number of carbonyl (C=O) groups excluding carboxylic acids is 1. The molecule has 3 rings (SSSR count). The molecule has 3 aromatic rings. The van der Waals surface area contributed by atoms with Gasteiger partial charge in [-0.05, 0) is 28.3 Å². The van der Waals surface area contributed by atoms with Crippen LogP contribution in [-0.4, -0.2) is 30.4 Å².